The molecule has 1 unspecified atom stereocenters. The molecule has 1 aliphatic heterocycles. The van der Waals surface area contributed by atoms with Gasteiger partial charge in [0, 0.05) is 12.7 Å². The Morgan fingerprint density at radius 3 is 2.86 bits per heavy atom. The van der Waals surface area contributed by atoms with Crippen LogP contribution in [-0.4, -0.2) is 49.5 Å². The maximum absolute atomic E-state index is 12.8. The molecule has 2 aromatic heterocycles. The van der Waals surface area contributed by atoms with E-state index in [9.17, 15) is 18.0 Å². The zero-order valence-corrected chi connectivity index (χ0v) is 15.3. The van der Waals surface area contributed by atoms with Gasteiger partial charge < -0.3 is 14.2 Å². The van der Waals surface area contributed by atoms with Gasteiger partial charge in [-0.3, -0.25) is 4.79 Å². The second kappa shape index (κ2) is 7.69. The summed E-state index contributed by atoms with van der Waals surface area (Å²) >= 11 is 0. The number of carbonyl (C=O) groups excluding carboxylic acids is 1. The highest BCUT2D eigenvalue weighted by Crippen LogP contribution is 2.28. The van der Waals surface area contributed by atoms with Gasteiger partial charge in [0.15, 0.2) is 5.69 Å². The molecular formula is C19H18F3N5O2. The van der Waals surface area contributed by atoms with E-state index < -0.39 is 18.0 Å². The number of imidazole rings is 1. The number of carbonyl (C=O) groups is 1. The number of alkyl halides is 3. The first-order chi connectivity index (χ1) is 13.9. The van der Waals surface area contributed by atoms with Crippen LogP contribution in [0.1, 0.15) is 18.5 Å². The summed E-state index contributed by atoms with van der Waals surface area (Å²) in [4.78, 5) is 25.9. The molecule has 1 aliphatic rings. The van der Waals surface area contributed by atoms with Crippen molar-refractivity contribution in [3.63, 3.8) is 0 Å². The molecule has 10 heteroatoms. The third kappa shape index (κ3) is 4.30. The van der Waals surface area contributed by atoms with Crippen LogP contribution in [0.3, 0.4) is 0 Å². The van der Waals surface area contributed by atoms with Gasteiger partial charge in [-0.1, -0.05) is 12.1 Å². The lowest BCUT2D eigenvalue weighted by Gasteiger charge is -2.32. The van der Waals surface area contributed by atoms with Gasteiger partial charge in [0.1, 0.15) is 12.6 Å². The molecule has 1 amide bonds. The molecule has 0 aliphatic carbocycles. The van der Waals surface area contributed by atoms with E-state index in [4.69, 9.17) is 4.74 Å². The van der Waals surface area contributed by atoms with E-state index in [0.29, 0.717) is 19.4 Å². The maximum atomic E-state index is 12.8. The molecule has 0 N–H and O–H groups in total. The molecule has 29 heavy (non-hydrogen) atoms. The second-order valence-corrected chi connectivity index (χ2v) is 6.81. The van der Waals surface area contributed by atoms with Crippen LogP contribution in [-0.2, 0) is 17.5 Å². The van der Waals surface area contributed by atoms with E-state index >= 15 is 0 Å². The van der Waals surface area contributed by atoms with Crippen LogP contribution in [0, 0.1) is 0 Å². The first-order valence-corrected chi connectivity index (χ1v) is 9.15. The zero-order chi connectivity index (χ0) is 20.4. The number of aromatic nitrogens is 4. The highest BCUT2D eigenvalue weighted by molar-refractivity contribution is 5.80. The van der Waals surface area contributed by atoms with Crippen LogP contribution >= 0.6 is 0 Å². The van der Waals surface area contributed by atoms with Crippen molar-refractivity contribution in [2.75, 3.05) is 13.1 Å². The fourth-order valence-electron chi connectivity index (χ4n) is 3.35. The number of piperidine rings is 1. The van der Waals surface area contributed by atoms with E-state index in [1.54, 1.807) is 15.8 Å². The minimum Gasteiger partial charge on any atom is -0.458 e. The van der Waals surface area contributed by atoms with Crippen LogP contribution in [0.4, 0.5) is 13.2 Å². The molecule has 3 aromatic rings. The molecule has 0 bridgehead atoms. The van der Waals surface area contributed by atoms with Crippen molar-refractivity contribution in [1.82, 2.24) is 24.4 Å². The van der Waals surface area contributed by atoms with E-state index in [1.165, 1.54) is 0 Å². The minimum absolute atomic E-state index is 0.105. The lowest BCUT2D eigenvalue weighted by atomic mass is 10.1. The molecule has 0 radical (unpaired) electrons. The molecule has 7 nitrogen and oxygen atoms in total. The van der Waals surface area contributed by atoms with Gasteiger partial charge in [-0.25, -0.2) is 9.97 Å². The van der Waals surface area contributed by atoms with Crippen LogP contribution < -0.4 is 4.74 Å². The highest BCUT2D eigenvalue weighted by Gasteiger charge is 2.33. The summed E-state index contributed by atoms with van der Waals surface area (Å²) in [5, 5.41) is 0. The molecular weight excluding hydrogens is 387 g/mol. The molecule has 1 aromatic carbocycles. The fraction of sp³-hybridized carbons (Fsp3) is 0.368. The number of halogens is 3. The third-order valence-corrected chi connectivity index (χ3v) is 4.76. The smallest absolute Gasteiger partial charge is 0.433 e. The first-order valence-electron chi connectivity index (χ1n) is 9.15. The molecule has 1 saturated heterocycles. The number of hydrogen-bond donors (Lipinski definition) is 0. The topological polar surface area (TPSA) is 73.1 Å². The van der Waals surface area contributed by atoms with E-state index in [1.807, 2.05) is 24.3 Å². The van der Waals surface area contributed by atoms with Gasteiger partial charge in [-0.2, -0.15) is 18.2 Å². The number of benzene rings is 1. The molecule has 0 spiro atoms. The van der Waals surface area contributed by atoms with Crippen molar-refractivity contribution >= 4 is 16.9 Å². The predicted molar refractivity (Wildman–Crippen MR) is 97.0 cm³/mol. The first kappa shape index (κ1) is 19.2. The van der Waals surface area contributed by atoms with E-state index in [2.05, 4.69) is 15.0 Å². The lowest BCUT2D eigenvalue weighted by Crippen LogP contribution is -2.45. The number of rotatable bonds is 4. The Kier molecular flexibility index (Phi) is 5.08. The summed E-state index contributed by atoms with van der Waals surface area (Å²) < 4.78 is 45.7. The molecule has 1 fully saturated rings. The molecule has 152 valence electrons. The van der Waals surface area contributed by atoms with Gasteiger partial charge >= 0.3 is 12.2 Å². The van der Waals surface area contributed by atoms with Crippen molar-refractivity contribution in [1.29, 1.82) is 0 Å². The normalized spacial score (nSPS) is 17.5. The average Bonchev–Trinajstić information content (AvgIpc) is 3.11. The number of hydrogen-bond acceptors (Lipinski definition) is 5. The van der Waals surface area contributed by atoms with Crippen molar-refractivity contribution in [2.24, 2.45) is 0 Å². The Morgan fingerprint density at radius 2 is 2.03 bits per heavy atom. The maximum Gasteiger partial charge on any atom is 0.433 e. The summed E-state index contributed by atoms with van der Waals surface area (Å²) in [5.41, 5.74) is 0.614. The largest absolute Gasteiger partial charge is 0.458 e. The predicted octanol–water partition coefficient (Wildman–Crippen LogP) is 2.92. The second-order valence-electron chi connectivity index (χ2n) is 6.81. The number of para-hydroxylation sites is 2. The van der Waals surface area contributed by atoms with Crippen LogP contribution in [0.5, 0.6) is 6.01 Å². The Balaban J connectivity index is 1.41. The van der Waals surface area contributed by atoms with Gasteiger partial charge in [-0.15, -0.1) is 0 Å². The number of likely N-dealkylation sites (tertiary alicyclic amines) is 1. The number of nitrogens with zero attached hydrogens (tertiary/aromatic N) is 5. The summed E-state index contributed by atoms with van der Waals surface area (Å²) in [6.45, 7) is 0.965. The Morgan fingerprint density at radius 1 is 1.21 bits per heavy atom. The number of ether oxygens (including phenoxy) is 1. The summed E-state index contributed by atoms with van der Waals surface area (Å²) in [7, 11) is 0. The molecule has 4 rings (SSSR count). The van der Waals surface area contributed by atoms with Crippen molar-refractivity contribution in [3.8, 4) is 6.01 Å². The monoisotopic (exact) mass is 405 g/mol. The number of amides is 1. The van der Waals surface area contributed by atoms with Crippen LogP contribution in [0.25, 0.3) is 11.0 Å². The highest BCUT2D eigenvalue weighted by atomic mass is 19.4. The van der Waals surface area contributed by atoms with Gasteiger partial charge in [0.2, 0.25) is 5.91 Å². The van der Waals surface area contributed by atoms with Crippen molar-refractivity contribution < 1.29 is 22.7 Å². The van der Waals surface area contributed by atoms with Gasteiger partial charge in [0.25, 0.3) is 0 Å². The fourth-order valence-corrected chi connectivity index (χ4v) is 3.35. The Hall–Kier alpha value is -3.17. The third-order valence-electron chi connectivity index (χ3n) is 4.76. The van der Waals surface area contributed by atoms with Crippen LogP contribution in [0.15, 0.2) is 42.9 Å². The Bertz CT molecular complexity index is 1020. The SMILES string of the molecule is O=C(Cn1cnc2ccccc21)N1CCCC(Oc2nccc(C(F)(F)F)n2)C1. The van der Waals surface area contributed by atoms with Gasteiger partial charge in [0.05, 0.1) is 23.9 Å². The zero-order valence-electron chi connectivity index (χ0n) is 15.3. The average molecular weight is 405 g/mol. The van der Waals surface area contributed by atoms with E-state index in [-0.39, 0.29) is 25.0 Å². The van der Waals surface area contributed by atoms with Gasteiger partial charge in [-0.05, 0) is 31.0 Å². The summed E-state index contributed by atoms with van der Waals surface area (Å²) in [6.07, 6.45) is -1.10. The molecule has 1 atom stereocenters. The van der Waals surface area contributed by atoms with E-state index in [0.717, 1.165) is 23.3 Å². The minimum atomic E-state index is -4.57. The van der Waals surface area contributed by atoms with Crippen LogP contribution in [0.2, 0.25) is 0 Å². The van der Waals surface area contributed by atoms with Crippen molar-refractivity contribution in [2.45, 2.75) is 31.7 Å². The Labute approximate surface area is 164 Å². The molecule has 3 heterocycles. The lowest BCUT2D eigenvalue weighted by molar-refractivity contribution is -0.141. The van der Waals surface area contributed by atoms with Crippen molar-refractivity contribution in [3.05, 3.63) is 48.5 Å². The summed E-state index contributed by atoms with van der Waals surface area (Å²) in [6, 6.07) is 7.98. The number of fused-ring (bicyclic) bond motifs is 1. The quantitative estimate of drug-likeness (QED) is 0.667. The summed E-state index contributed by atoms with van der Waals surface area (Å²) in [5.74, 6) is -0.105. The standard InChI is InChI=1S/C19H18F3N5O2/c20-19(21,22)16-7-8-23-18(25-16)29-13-4-3-9-26(10-13)17(28)11-27-12-24-14-5-1-2-6-15(14)27/h1-2,5-8,12-13H,3-4,9-11H2. The molecule has 0 saturated carbocycles.